The van der Waals surface area contributed by atoms with E-state index in [-0.39, 0.29) is 5.75 Å². The van der Waals surface area contributed by atoms with Gasteiger partial charge in [0.15, 0.2) is 9.84 Å². The molecule has 0 fully saturated rings. The van der Waals surface area contributed by atoms with Gasteiger partial charge in [0.2, 0.25) is 0 Å². The van der Waals surface area contributed by atoms with Crippen molar-refractivity contribution in [1.29, 1.82) is 0 Å². The number of nitrogens with one attached hydrogen (secondary N) is 1. The minimum atomic E-state index is -3.02. The van der Waals surface area contributed by atoms with Crippen LogP contribution in [0.3, 0.4) is 0 Å². The molecule has 1 heterocycles. The fraction of sp³-hybridized carbons (Fsp3) is 0.714. The first-order chi connectivity index (χ1) is 8.81. The summed E-state index contributed by atoms with van der Waals surface area (Å²) >= 11 is 1.81. The third-order valence-corrected chi connectivity index (χ3v) is 7.35. The zero-order valence-corrected chi connectivity index (χ0v) is 13.5. The van der Waals surface area contributed by atoms with E-state index in [4.69, 9.17) is 0 Å². The maximum atomic E-state index is 12.1. The smallest absolute Gasteiger partial charge is 0.156 e. The topological polar surface area (TPSA) is 46.2 Å². The summed E-state index contributed by atoms with van der Waals surface area (Å²) < 4.78 is 23.4. The highest BCUT2D eigenvalue weighted by Crippen LogP contribution is 2.33. The molecule has 1 aliphatic carbocycles. The fourth-order valence-electron chi connectivity index (χ4n) is 2.37. The molecular formula is C14H23NO2S2. The van der Waals surface area contributed by atoms with E-state index in [0.717, 1.165) is 6.42 Å². The summed E-state index contributed by atoms with van der Waals surface area (Å²) in [5.41, 5.74) is 1.38. The van der Waals surface area contributed by atoms with Crippen LogP contribution in [0, 0.1) is 0 Å². The lowest BCUT2D eigenvalue weighted by Gasteiger charge is -2.25. The van der Waals surface area contributed by atoms with Gasteiger partial charge in [-0.25, -0.2) is 8.42 Å². The number of fused-ring (bicyclic) bond motifs is 1. The van der Waals surface area contributed by atoms with Crippen molar-refractivity contribution in [2.45, 2.75) is 50.8 Å². The van der Waals surface area contributed by atoms with Crippen LogP contribution in [0.4, 0.5) is 0 Å². The minimum absolute atomic E-state index is 0.215. The first-order valence-electron chi connectivity index (χ1n) is 6.83. The molecule has 1 aromatic heterocycles. The SMILES string of the molecule is CC(C)(C)S(=O)(=O)CCNC1CCCc2sccc21. The Morgan fingerprint density at radius 2 is 2.16 bits per heavy atom. The van der Waals surface area contributed by atoms with Crippen LogP contribution in [0.25, 0.3) is 0 Å². The van der Waals surface area contributed by atoms with Crippen molar-refractivity contribution in [3.63, 3.8) is 0 Å². The fourth-order valence-corrected chi connectivity index (χ4v) is 4.36. The Labute approximate surface area is 120 Å². The van der Waals surface area contributed by atoms with Gasteiger partial charge in [-0.15, -0.1) is 11.3 Å². The number of hydrogen-bond donors (Lipinski definition) is 1. The Hall–Kier alpha value is -0.390. The highest BCUT2D eigenvalue weighted by molar-refractivity contribution is 7.92. The van der Waals surface area contributed by atoms with Gasteiger partial charge in [-0.2, -0.15) is 0 Å². The van der Waals surface area contributed by atoms with E-state index >= 15 is 0 Å². The van der Waals surface area contributed by atoms with Crippen LogP contribution in [0.15, 0.2) is 11.4 Å². The molecule has 0 aromatic carbocycles. The van der Waals surface area contributed by atoms with Gasteiger partial charge in [-0.05, 0) is 57.0 Å². The summed E-state index contributed by atoms with van der Waals surface area (Å²) in [6, 6.07) is 2.51. The molecule has 1 atom stereocenters. The molecule has 19 heavy (non-hydrogen) atoms. The van der Waals surface area contributed by atoms with E-state index in [1.165, 1.54) is 23.3 Å². The van der Waals surface area contributed by atoms with Crippen LogP contribution in [0.5, 0.6) is 0 Å². The maximum absolute atomic E-state index is 12.1. The second kappa shape index (κ2) is 5.54. The van der Waals surface area contributed by atoms with Gasteiger partial charge in [0, 0.05) is 17.5 Å². The van der Waals surface area contributed by atoms with Gasteiger partial charge in [-0.3, -0.25) is 0 Å². The molecule has 0 radical (unpaired) electrons. The summed E-state index contributed by atoms with van der Waals surface area (Å²) in [4.78, 5) is 1.46. The van der Waals surface area contributed by atoms with E-state index in [2.05, 4.69) is 16.8 Å². The second-order valence-electron chi connectivity index (χ2n) is 6.13. The van der Waals surface area contributed by atoms with Crippen LogP contribution >= 0.6 is 11.3 Å². The molecule has 0 spiro atoms. The van der Waals surface area contributed by atoms with Crippen LogP contribution in [-0.2, 0) is 16.3 Å². The molecule has 1 unspecified atom stereocenters. The molecule has 1 aromatic rings. The van der Waals surface area contributed by atoms with Crippen molar-refractivity contribution in [3.05, 3.63) is 21.9 Å². The Morgan fingerprint density at radius 3 is 2.84 bits per heavy atom. The maximum Gasteiger partial charge on any atom is 0.156 e. The lowest BCUT2D eigenvalue weighted by molar-refractivity contribution is 0.473. The molecule has 0 saturated carbocycles. The third-order valence-electron chi connectivity index (χ3n) is 3.75. The molecule has 0 aliphatic heterocycles. The van der Waals surface area contributed by atoms with Gasteiger partial charge in [0.1, 0.15) is 0 Å². The van der Waals surface area contributed by atoms with Crippen molar-refractivity contribution in [3.8, 4) is 0 Å². The standard InChI is InChI=1S/C14H23NO2S2/c1-14(2,3)19(16,17)10-8-15-12-5-4-6-13-11(12)7-9-18-13/h7,9,12,15H,4-6,8,10H2,1-3H3. The van der Waals surface area contributed by atoms with E-state index < -0.39 is 14.6 Å². The highest BCUT2D eigenvalue weighted by Gasteiger charge is 2.29. The van der Waals surface area contributed by atoms with Crippen molar-refractivity contribution < 1.29 is 8.42 Å². The van der Waals surface area contributed by atoms with Crippen molar-refractivity contribution in [2.24, 2.45) is 0 Å². The molecule has 0 amide bonds. The molecular weight excluding hydrogens is 278 g/mol. The predicted octanol–water partition coefficient (Wildman–Crippen LogP) is 2.93. The summed E-state index contributed by atoms with van der Waals surface area (Å²) in [7, 11) is -3.02. The Bertz CT molecular complexity index is 526. The number of aryl methyl sites for hydroxylation is 1. The normalized spacial score (nSPS) is 20.3. The summed E-state index contributed by atoms with van der Waals surface area (Å²) in [6.07, 6.45) is 3.47. The lowest BCUT2D eigenvalue weighted by atomic mass is 9.94. The first kappa shape index (κ1) is 15.0. The van der Waals surface area contributed by atoms with E-state index in [9.17, 15) is 8.42 Å². The predicted molar refractivity (Wildman–Crippen MR) is 81.5 cm³/mol. The monoisotopic (exact) mass is 301 g/mol. The van der Waals surface area contributed by atoms with Crippen LogP contribution in [-0.4, -0.2) is 25.5 Å². The Balaban J connectivity index is 1.92. The summed E-state index contributed by atoms with van der Waals surface area (Å²) in [5.74, 6) is 0.215. The zero-order chi connectivity index (χ0) is 14.1. The van der Waals surface area contributed by atoms with Gasteiger partial charge < -0.3 is 5.32 Å². The summed E-state index contributed by atoms with van der Waals surface area (Å²) in [5, 5.41) is 5.56. The van der Waals surface area contributed by atoms with E-state index in [1.807, 2.05) is 11.3 Å². The second-order valence-corrected chi connectivity index (χ2v) is 9.99. The van der Waals surface area contributed by atoms with E-state index in [1.54, 1.807) is 20.8 Å². The van der Waals surface area contributed by atoms with Crippen molar-refractivity contribution in [1.82, 2.24) is 5.32 Å². The summed E-state index contributed by atoms with van der Waals surface area (Å²) in [6.45, 7) is 5.83. The van der Waals surface area contributed by atoms with Crippen LogP contribution in [0.2, 0.25) is 0 Å². The molecule has 2 rings (SSSR count). The highest BCUT2D eigenvalue weighted by atomic mass is 32.2. The van der Waals surface area contributed by atoms with Gasteiger partial charge >= 0.3 is 0 Å². The van der Waals surface area contributed by atoms with Crippen molar-refractivity contribution >= 4 is 21.2 Å². The molecule has 108 valence electrons. The lowest BCUT2D eigenvalue weighted by Crippen LogP contribution is -2.36. The third kappa shape index (κ3) is 3.38. The molecule has 0 saturated heterocycles. The quantitative estimate of drug-likeness (QED) is 0.930. The molecule has 3 nitrogen and oxygen atoms in total. The number of thiophene rings is 1. The van der Waals surface area contributed by atoms with Crippen molar-refractivity contribution in [2.75, 3.05) is 12.3 Å². The number of sulfone groups is 1. The van der Waals surface area contributed by atoms with Gasteiger partial charge in [-0.1, -0.05) is 0 Å². The number of hydrogen-bond acceptors (Lipinski definition) is 4. The van der Waals surface area contributed by atoms with Gasteiger partial charge in [0.25, 0.3) is 0 Å². The van der Waals surface area contributed by atoms with Crippen LogP contribution in [0.1, 0.15) is 50.1 Å². The average Bonchev–Trinajstić information content (AvgIpc) is 2.76. The molecule has 5 heteroatoms. The Morgan fingerprint density at radius 1 is 1.42 bits per heavy atom. The van der Waals surface area contributed by atoms with E-state index in [0.29, 0.717) is 12.6 Å². The molecule has 1 N–H and O–H groups in total. The minimum Gasteiger partial charge on any atom is -0.309 e. The average molecular weight is 301 g/mol. The number of rotatable bonds is 4. The first-order valence-corrected chi connectivity index (χ1v) is 9.36. The van der Waals surface area contributed by atoms with Crippen LogP contribution < -0.4 is 5.32 Å². The Kier molecular flexibility index (Phi) is 4.38. The molecule has 0 bridgehead atoms. The molecule has 1 aliphatic rings. The largest absolute Gasteiger partial charge is 0.309 e. The zero-order valence-electron chi connectivity index (χ0n) is 11.9. The van der Waals surface area contributed by atoms with Gasteiger partial charge in [0.05, 0.1) is 10.5 Å².